The Balaban J connectivity index is 1.29. The minimum Gasteiger partial charge on any atom is -0.483 e. The molecule has 1 heterocycles. The van der Waals surface area contributed by atoms with Crippen LogP contribution in [-0.4, -0.2) is 40.2 Å². The summed E-state index contributed by atoms with van der Waals surface area (Å²) in [6, 6.07) is 21.6. The molecule has 3 aromatic carbocycles. The summed E-state index contributed by atoms with van der Waals surface area (Å²) in [4.78, 5) is 12.4. The molecule has 0 aromatic heterocycles. The maximum atomic E-state index is 12.4. The van der Waals surface area contributed by atoms with Crippen LogP contribution in [0, 0.1) is 0 Å². The highest BCUT2D eigenvalue weighted by molar-refractivity contribution is 9.10. The van der Waals surface area contributed by atoms with E-state index in [9.17, 15) is 13.2 Å². The van der Waals surface area contributed by atoms with Gasteiger partial charge < -0.3 is 14.8 Å². The quantitative estimate of drug-likeness (QED) is 0.410. The first kappa shape index (κ1) is 24.4. The number of anilines is 1. The number of hydrogen-bond acceptors (Lipinski definition) is 5. The van der Waals surface area contributed by atoms with Crippen molar-refractivity contribution in [3.63, 3.8) is 0 Å². The Morgan fingerprint density at radius 2 is 1.79 bits per heavy atom. The average Bonchev–Trinajstić information content (AvgIpc) is 3.37. The van der Waals surface area contributed by atoms with Crippen molar-refractivity contribution in [1.82, 2.24) is 4.72 Å². The van der Waals surface area contributed by atoms with E-state index in [0.717, 1.165) is 28.4 Å². The van der Waals surface area contributed by atoms with E-state index in [0.29, 0.717) is 18.0 Å². The Labute approximate surface area is 207 Å². The van der Waals surface area contributed by atoms with Gasteiger partial charge in [-0.15, -0.1) is 0 Å². The predicted molar refractivity (Wildman–Crippen MR) is 134 cm³/mol. The summed E-state index contributed by atoms with van der Waals surface area (Å²) in [6.07, 6.45) is 1.71. The van der Waals surface area contributed by atoms with Crippen LogP contribution in [0.3, 0.4) is 0 Å². The Morgan fingerprint density at radius 1 is 1.03 bits per heavy atom. The van der Waals surface area contributed by atoms with Gasteiger partial charge in [-0.2, -0.15) is 0 Å². The summed E-state index contributed by atoms with van der Waals surface area (Å²) in [6.45, 7) is 0.729. The Hall–Kier alpha value is -2.72. The number of benzene rings is 3. The molecule has 7 nitrogen and oxygen atoms in total. The molecule has 1 atom stereocenters. The van der Waals surface area contributed by atoms with Crippen LogP contribution in [0.1, 0.15) is 12.8 Å². The van der Waals surface area contributed by atoms with Crippen molar-refractivity contribution in [2.24, 2.45) is 0 Å². The first-order valence-corrected chi connectivity index (χ1v) is 13.2. The number of sulfonamides is 1. The highest BCUT2D eigenvalue weighted by Crippen LogP contribution is 2.30. The normalized spacial score (nSPS) is 15.7. The molecular weight excluding hydrogens is 520 g/mol. The zero-order chi connectivity index (χ0) is 24.0. The molecule has 2 N–H and O–H groups in total. The second-order valence-electron chi connectivity index (χ2n) is 7.86. The molecule has 9 heteroatoms. The van der Waals surface area contributed by atoms with Crippen LogP contribution in [0.25, 0.3) is 11.1 Å². The highest BCUT2D eigenvalue weighted by atomic mass is 79.9. The smallest absolute Gasteiger partial charge is 0.262 e. The highest BCUT2D eigenvalue weighted by Gasteiger charge is 2.20. The summed E-state index contributed by atoms with van der Waals surface area (Å²) in [5.74, 6) is 0.194. The molecule has 1 unspecified atom stereocenters. The summed E-state index contributed by atoms with van der Waals surface area (Å²) in [7, 11) is -3.64. The lowest BCUT2D eigenvalue weighted by molar-refractivity contribution is -0.118. The lowest BCUT2D eigenvalue weighted by Gasteiger charge is -2.12. The van der Waals surface area contributed by atoms with Crippen LogP contribution in [-0.2, 0) is 19.6 Å². The van der Waals surface area contributed by atoms with Gasteiger partial charge in [0.2, 0.25) is 10.0 Å². The molecule has 1 aliphatic heterocycles. The molecular formula is C25H25BrN2O5S. The Morgan fingerprint density at radius 3 is 2.47 bits per heavy atom. The summed E-state index contributed by atoms with van der Waals surface area (Å²) in [5, 5.41) is 2.71. The second-order valence-corrected chi connectivity index (χ2v) is 10.5. The maximum Gasteiger partial charge on any atom is 0.262 e. The van der Waals surface area contributed by atoms with Crippen molar-refractivity contribution in [1.29, 1.82) is 0 Å². The molecule has 3 aromatic rings. The molecule has 0 spiro atoms. The van der Waals surface area contributed by atoms with Crippen molar-refractivity contribution < 1.29 is 22.7 Å². The van der Waals surface area contributed by atoms with E-state index >= 15 is 0 Å². The van der Waals surface area contributed by atoms with Gasteiger partial charge in [0.25, 0.3) is 5.91 Å². The first-order valence-electron chi connectivity index (χ1n) is 10.9. The number of carbonyl (C=O) groups excluding carboxylic acids is 1. The third kappa shape index (κ3) is 6.44. The minimum absolute atomic E-state index is 0.0806. The minimum atomic E-state index is -3.64. The molecule has 4 rings (SSSR count). The molecule has 1 aliphatic rings. The SMILES string of the molecule is O=C(COc1ccc(-c2ccccc2)cc1Br)Nc1ccc(S(=O)(=O)NCC2CCCO2)cc1. The van der Waals surface area contributed by atoms with Crippen molar-refractivity contribution in [2.45, 2.75) is 23.8 Å². The maximum absolute atomic E-state index is 12.4. The molecule has 0 saturated carbocycles. The van der Waals surface area contributed by atoms with Gasteiger partial charge in [-0.25, -0.2) is 13.1 Å². The molecule has 0 aliphatic carbocycles. The van der Waals surface area contributed by atoms with Crippen molar-refractivity contribution >= 4 is 37.5 Å². The number of carbonyl (C=O) groups is 1. The van der Waals surface area contributed by atoms with E-state index in [2.05, 4.69) is 26.0 Å². The third-order valence-electron chi connectivity index (χ3n) is 5.37. The molecule has 0 radical (unpaired) electrons. The van der Waals surface area contributed by atoms with E-state index in [1.807, 2.05) is 48.5 Å². The fraction of sp³-hybridized carbons (Fsp3) is 0.240. The van der Waals surface area contributed by atoms with E-state index in [1.54, 1.807) is 12.1 Å². The van der Waals surface area contributed by atoms with Crippen molar-refractivity contribution in [2.75, 3.05) is 25.1 Å². The van der Waals surface area contributed by atoms with Gasteiger partial charge in [-0.1, -0.05) is 36.4 Å². The third-order valence-corrected chi connectivity index (χ3v) is 7.43. The molecule has 34 heavy (non-hydrogen) atoms. The van der Waals surface area contributed by atoms with E-state index in [1.165, 1.54) is 12.1 Å². The zero-order valence-corrected chi connectivity index (χ0v) is 20.8. The monoisotopic (exact) mass is 544 g/mol. The van der Waals surface area contributed by atoms with E-state index in [-0.39, 0.29) is 30.1 Å². The van der Waals surface area contributed by atoms with Gasteiger partial charge >= 0.3 is 0 Å². The largest absolute Gasteiger partial charge is 0.483 e. The van der Waals surface area contributed by atoms with Gasteiger partial charge in [0.1, 0.15) is 5.75 Å². The average molecular weight is 545 g/mol. The van der Waals surface area contributed by atoms with Crippen LogP contribution in [0.2, 0.25) is 0 Å². The lowest BCUT2D eigenvalue weighted by Crippen LogP contribution is -2.31. The molecule has 178 valence electrons. The van der Waals surface area contributed by atoms with Crippen LogP contribution in [0.5, 0.6) is 5.75 Å². The second kappa shape index (κ2) is 11.1. The number of amides is 1. The van der Waals surface area contributed by atoms with Crippen LogP contribution >= 0.6 is 15.9 Å². The molecule has 1 saturated heterocycles. The van der Waals surface area contributed by atoms with Crippen LogP contribution < -0.4 is 14.8 Å². The van der Waals surface area contributed by atoms with Crippen molar-refractivity contribution in [3.8, 4) is 16.9 Å². The Kier molecular flexibility index (Phi) is 7.99. The number of nitrogens with one attached hydrogen (secondary N) is 2. The summed E-state index contributed by atoms with van der Waals surface area (Å²) >= 11 is 3.49. The molecule has 0 bridgehead atoms. The predicted octanol–water partition coefficient (Wildman–Crippen LogP) is 4.59. The van der Waals surface area contributed by atoms with Gasteiger partial charge in [-0.3, -0.25) is 4.79 Å². The lowest BCUT2D eigenvalue weighted by atomic mass is 10.1. The van der Waals surface area contributed by atoms with Gasteiger partial charge in [-0.05, 0) is 76.3 Å². The van der Waals surface area contributed by atoms with Crippen LogP contribution in [0.15, 0.2) is 82.2 Å². The number of hydrogen-bond donors (Lipinski definition) is 2. The number of halogens is 1. The fourth-order valence-corrected chi connectivity index (χ4v) is 5.14. The molecule has 1 fully saturated rings. The molecule has 1 amide bonds. The topological polar surface area (TPSA) is 93.7 Å². The van der Waals surface area contributed by atoms with Gasteiger partial charge in [0.15, 0.2) is 6.61 Å². The van der Waals surface area contributed by atoms with Gasteiger partial charge in [0, 0.05) is 18.8 Å². The Bertz CT molecular complexity index is 1230. The first-order chi connectivity index (χ1) is 16.4. The summed E-state index contributed by atoms with van der Waals surface area (Å²) in [5.41, 5.74) is 2.59. The van der Waals surface area contributed by atoms with Crippen molar-refractivity contribution in [3.05, 3.63) is 77.3 Å². The van der Waals surface area contributed by atoms with Crippen LogP contribution in [0.4, 0.5) is 5.69 Å². The standard InChI is InChI=1S/C25H25BrN2O5S/c26-23-15-19(18-5-2-1-3-6-18)8-13-24(23)33-17-25(29)28-20-9-11-22(12-10-20)34(30,31)27-16-21-7-4-14-32-21/h1-3,5-6,8-13,15,21,27H,4,7,14,16-17H2,(H,28,29). The van der Waals surface area contributed by atoms with E-state index in [4.69, 9.17) is 9.47 Å². The fourth-order valence-electron chi connectivity index (χ4n) is 3.58. The number of ether oxygens (including phenoxy) is 2. The van der Waals surface area contributed by atoms with E-state index < -0.39 is 10.0 Å². The number of rotatable bonds is 9. The summed E-state index contributed by atoms with van der Waals surface area (Å²) < 4.78 is 39.3. The van der Waals surface area contributed by atoms with Gasteiger partial charge in [0.05, 0.1) is 15.5 Å². The zero-order valence-electron chi connectivity index (χ0n) is 18.4.